The van der Waals surface area contributed by atoms with Crippen molar-refractivity contribution in [3.63, 3.8) is 0 Å². The van der Waals surface area contributed by atoms with Gasteiger partial charge in [0, 0.05) is 45.6 Å². The van der Waals surface area contributed by atoms with Gasteiger partial charge in [-0.3, -0.25) is 4.79 Å². The average molecular weight is 433 g/mol. The van der Waals surface area contributed by atoms with E-state index in [9.17, 15) is 4.79 Å². The molecule has 143 valence electrons. The third kappa shape index (κ3) is 5.98. The van der Waals surface area contributed by atoms with E-state index < -0.39 is 0 Å². The molecule has 2 rings (SSSR count). The fourth-order valence-corrected chi connectivity index (χ4v) is 4.84. The van der Waals surface area contributed by atoms with E-state index in [4.69, 9.17) is 0 Å². The molecule has 1 aromatic carbocycles. The number of ketones is 1. The average Bonchev–Trinajstić information content (AvgIpc) is 2.59. The van der Waals surface area contributed by atoms with Crippen molar-refractivity contribution in [2.45, 2.75) is 85.1 Å². The molecule has 1 atom stereocenters. The van der Waals surface area contributed by atoms with E-state index >= 15 is 0 Å². The molecule has 1 aliphatic heterocycles. The number of piperidine rings is 1. The molecule has 0 aromatic heterocycles. The molecule has 1 saturated heterocycles. The van der Waals surface area contributed by atoms with Crippen LogP contribution in [0.5, 0.6) is 0 Å². The van der Waals surface area contributed by atoms with Crippen LogP contribution in [0.2, 0.25) is 0 Å². The van der Waals surface area contributed by atoms with E-state index in [0.717, 1.165) is 10.9 Å². The number of likely N-dealkylation sites (tertiary alicyclic amines) is 1. The number of carbonyl (C=O) groups is 1. The standard InChI is InChI=1S/C23H38NO.Y/c1-5-7-14-22(24(15-6-2)16-9-8-10-17-24)23(25)18-21-19(3)12-11-13-20(21)4;/h11-13,22H,5-10,14-18H2,1-4H3;/q+1;/t22-;/m0./s1. The molecule has 0 unspecified atom stereocenters. The molecule has 0 saturated carbocycles. The van der Waals surface area contributed by atoms with Crippen molar-refractivity contribution in [2.75, 3.05) is 19.6 Å². The molecule has 0 amide bonds. The summed E-state index contributed by atoms with van der Waals surface area (Å²) in [5.74, 6) is 0.487. The Bertz CT molecular complexity index is 538. The van der Waals surface area contributed by atoms with Crippen molar-refractivity contribution in [2.24, 2.45) is 0 Å². The summed E-state index contributed by atoms with van der Waals surface area (Å²) in [6, 6.07) is 6.60. The molecular formula is C23H38NOY+. The monoisotopic (exact) mass is 433 g/mol. The summed E-state index contributed by atoms with van der Waals surface area (Å²) in [7, 11) is 0. The van der Waals surface area contributed by atoms with Crippen LogP contribution in [-0.2, 0) is 43.9 Å². The van der Waals surface area contributed by atoms with E-state index in [-0.39, 0.29) is 38.8 Å². The van der Waals surface area contributed by atoms with Crippen LogP contribution in [-0.4, -0.2) is 35.9 Å². The van der Waals surface area contributed by atoms with Gasteiger partial charge in [0.15, 0.2) is 5.78 Å². The summed E-state index contributed by atoms with van der Waals surface area (Å²) >= 11 is 0. The van der Waals surface area contributed by atoms with Gasteiger partial charge in [-0.15, -0.1) is 0 Å². The minimum absolute atomic E-state index is 0. The topological polar surface area (TPSA) is 17.1 Å². The van der Waals surface area contributed by atoms with Gasteiger partial charge in [-0.05, 0) is 62.6 Å². The third-order valence-corrected chi connectivity index (χ3v) is 6.24. The van der Waals surface area contributed by atoms with Crippen LogP contribution in [0.4, 0.5) is 0 Å². The smallest absolute Gasteiger partial charge is 0.194 e. The molecule has 1 aromatic rings. The Kier molecular flexibility index (Phi) is 10.8. The second-order valence-corrected chi connectivity index (χ2v) is 8.12. The van der Waals surface area contributed by atoms with Gasteiger partial charge in [0.05, 0.1) is 19.6 Å². The maximum Gasteiger partial charge on any atom is 0.194 e. The third-order valence-electron chi connectivity index (χ3n) is 6.24. The number of rotatable bonds is 9. The predicted octanol–water partition coefficient (Wildman–Crippen LogP) is 5.38. The zero-order valence-electron chi connectivity index (χ0n) is 17.5. The predicted molar refractivity (Wildman–Crippen MR) is 107 cm³/mol. The Morgan fingerprint density at radius 1 is 1.04 bits per heavy atom. The maximum absolute atomic E-state index is 13.5. The van der Waals surface area contributed by atoms with Gasteiger partial charge >= 0.3 is 0 Å². The summed E-state index contributed by atoms with van der Waals surface area (Å²) in [5.41, 5.74) is 3.80. The zero-order chi connectivity index (χ0) is 18.3. The number of Topliss-reactive ketones (excluding diaryl/α,β-unsaturated/α-hetero) is 1. The first-order valence-corrected chi connectivity index (χ1v) is 10.5. The number of nitrogens with zero attached hydrogens (tertiary/aromatic N) is 1. The first-order chi connectivity index (χ1) is 12.0. The largest absolute Gasteiger partial charge is 0.315 e. The van der Waals surface area contributed by atoms with Crippen LogP contribution in [0.25, 0.3) is 0 Å². The second-order valence-electron chi connectivity index (χ2n) is 8.12. The number of aryl methyl sites for hydroxylation is 2. The first kappa shape index (κ1) is 24.0. The van der Waals surface area contributed by atoms with Crippen molar-refractivity contribution >= 4 is 5.78 Å². The Balaban J connectivity index is 0.00000338. The Morgan fingerprint density at radius 2 is 1.65 bits per heavy atom. The summed E-state index contributed by atoms with van der Waals surface area (Å²) in [4.78, 5) is 13.5. The van der Waals surface area contributed by atoms with E-state index in [2.05, 4.69) is 45.9 Å². The summed E-state index contributed by atoms with van der Waals surface area (Å²) in [6.45, 7) is 12.4. The van der Waals surface area contributed by atoms with Crippen molar-refractivity contribution in [1.82, 2.24) is 0 Å². The molecule has 1 radical (unpaired) electrons. The van der Waals surface area contributed by atoms with Gasteiger partial charge in [0.25, 0.3) is 0 Å². The Labute approximate surface area is 186 Å². The number of hydrogen-bond acceptors (Lipinski definition) is 1. The first-order valence-electron chi connectivity index (χ1n) is 10.5. The number of unbranched alkanes of at least 4 members (excludes halogenated alkanes) is 1. The molecule has 1 fully saturated rings. The molecule has 3 heteroatoms. The van der Waals surface area contributed by atoms with Crippen molar-refractivity contribution in [3.8, 4) is 0 Å². The molecule has 26 heavy (non-hydrogen) atoms. The van der Waals surface area contributed by atoms with Crippen molar-refractivity contribution < 1.29 is 42.0 Å². The second kappa shape index (κ2) is 11.7. The van der Waals surface area contributed by atoms with Gasteiger partial charge in [0.1, 0.15) is 6.04 Å². The number of quaternary nitrogens is 1. The molecule has 2 nitrogen and oxygen atoms in total. The summed E-state index contributed by atoms with van der Waals surface area (Å²) in [6.07, 6.45) is 9.15. The molecule has 1 aliphatic rings. The maximum atomic E-state index is 13.5. The SMILES string of the molecule is CCCC[C@@H](C(=O)Cc1c(C)cccc1C)[N+]1(CCC)CCCCC1.[Y]. The summed E-state index contributed by atoms with van der Waals surface area (Å²) in [5, 5.41) is 0. The zero-order valence-corrected chi connectivity index (χ0v) is 20.4. The normalized spacial score (nSPS) is 17.4. The number of hydrogen-bond donors (Lipinski definition) is 0. The summed E-state index contributed by atoms with van der Waals surface area (Å²) < 4.78 is 1.07. The van der Waals surface area contributed by atoms with E-state index in [1.54, 1.807) is 0 Å². The van der Waals surface area contributed by atoms with Crippen LogP contribution in [0.1, 0.15) is 75.5 Å². The van der Waals surface area contributed by atoms with E-state index in [1.807, 2.05) is 0 Å². The van der Waals surface area contributed by atoms with Gasteiger partial charge in [-0.1, -0.05) is 38.5 Å². The molecule has 0 aliphatic carbocycles. The van der Waals surface area contributed by atoms with Gasteiger partial charge in [-0.2, -0.15) is 0 Å². The number of carbonyl (C=O) groups excluding carboxylic acids is 1. The Morgan fingerprint density at radius 3 is 2.19 bits per heavy atom. The molecule has 0 spiro atoms. The molecule has 1 heterocycles. The van der Waals surface area contributed by atoms with Crippen LogP contribution >= 0.6 is 0 Å². The fraction of sp³-hybridized carbons (Fsp3) is 0.696. The Hall–Kier alpha value is -0.0461. The van der Waals surface area contributed by atoms with Crippen molar-refractivity contribution in [1.29, 1.82) is 0 Å². The fourth-order valence-electron chi connectivity index (χ4n) is 4.84. The van der Waals surface area contributed by atoms with Crippen molar-refractivity contribution in [3.05, 3.63) is 34.9 Å². The molecule has 0 N–H and O–H groups in total. The van der Waals surface area contributed by atoms with Gasteiger partial charge < -0.3 is 4.48 Å². The molecular weight excluding hydrogens is 395 g/mol. The minimum Gasteiger partial charge on any atom is -0.315 e. The van der Waals surface area contributed by atoms with Gasteiger partial charge in [0.2, 0.25) is 0 Å². The van der Waals surface area contributed by atoms with E-state index in [1.165, 1.54) is 74.8 Å². The van der Waals surface area contributed by atoms with Crippen LogP contribution in [0.15, 0.2) is 18.2 Å². The number of benzene rings is 1. The van der Waals surface area contributed by atoms with Crippen LogP contribution < -0.4 is 0 Å². The molecule has 0 bridgehead atoms. The van der Waals surface area contributed by atoms with E-state index in [0.29, 0.717) is 12.2 Å². The quantitative estimate of drug-likeness (QED) is 0.478. The van der Waals surface area contributed by atoms with Crippen LogP contribution in [0.3, 0.4) is 0 Å². The van der Waals surface area contributed by atoms with Crippen LogP contribution in [0, 0.1) is 13.8 Å². The van der Waals surface area contributed by atoms with Gasteiger partial charge in [-0.25, -0.2) is 0 Å². The minimum atomic E-state index is 0.